The van der Waals surface area contributed by atoms with Crippen LogP contribution in [0.2, 0.25) is 0 Å². The maximum atomic E-state index is 3.51. The Morgan fingerprint density at radius 2 is 2.50 bits per heavy atom. The Morgan fingerprint density at radius 1 is 1.70 bits per heavy atom. The molecule has 0 radical (unpaired) electrons. The number of nitrogens with one attached hydrogen (secondary N) is 1. The van der Waals surface area contributed by atoms with Gasteiger partial charge in [0.2, 0.25) is 0 Å². The summed E-state index contributed by atoms with van der Waals surface area (Å²) in [7, 11) is 0. The van der Waals surface area contributed by atoms with Crippen molar-refractivity contribution in [3.8, 4) is 0 Å². The molecule has 0 aromatic rings. The van der Waals surface area contributed by atoms with E-state index < -0.39 is 0 Å². The molecule has 1 heteroatoms. The van der Waals surface area contributed by atoms with Crippen LogP contribution in [0.15, 0.2) is 11.6 Å². The summed E-state index contributed by atoms with van der Waals surface area (Å²) in [6.45, 7) is 5.60. The fraction of sp³-hybridized carbons (Fsp3) is 0.778. The third kappa shape index (κ3) is 2.14. The van der Waals surface area contributed by atoms with Gasteiger partial charge in [0.15, 0.2) is 0 Å². The van der Waals surface area contributed by atoms with Crippen molar-refractivity contribution < 1.29 is 0 Å². The molecule has 0 aromatic carbocycles. The quantitative estimate of drug-likeness (QED) is 0.590. The Labute approximate surface area is 63.5 Å². The van der Waals surface area contributed by atoms with Gasteiger partial charge in [0.25, 0.3) is 0 Å². The van der Waals surface area contributed by atoms with Crippen molar-refractivity contribution in [1.82, 2.24) is 5.32 Å². The van der Waals surface area contributed by atoms with Gasteiger partial charge in [-0.1, -0.05) is 18.6 Å². The normalized spacial score (nSPS) is 25.0. The van der Waals surface area contributed by atoms with Crippen molar-refractivity contribution in [1.29, 1.82) is 0 Å². The fourth-order valence-corrected chi connectivity index (χ4v) is 1.40. The van der Waals surface area contributed by atoms with E-state index in [0.717, 1.165) is 6.04 Å². The topological polar surface area (TPSA) is 12.0 Å². The van der Waals surface area contributed by atoms with Gasteiger partial charge in [0.05, 0.1) is 0 Å². The van der Waals surface area contributed by atoms with E-state index in [1.807, 2.05) is 0 Å². The average Bonchev–Trinajstić information content (AvgIpc) is 2.31. The summed E-state index contributed by atoms with van der Waals surface area (Å²) in [6.07, 6.45) is 6.09. The largest absolute Gasteiger partial charge is 0.313 e. The summed E-state index contributed by atoms with van der Waals surface area (Å²) in [5.74, 6) is 0. The molecular formula is C9H17N. The maximum absolute atomic E-state index is 3.51. The van der Waals surface area contributed by atoms with E-state index in [2.05, 4.69) is 25.2 Å². The smallest absolute Gasteiger partial charge is 0.0139 e. The van der Waals surface area contributed by atoms with Crippen LogP contribution in [-0.4, -0.2) is 12.6 Å². The van der Waals surface area contributed by atoms with Crippen LogP contribution in [0.1, 0.15) is 33.1 Å². The molecule has 1 aliphatic carbocycles. The highest BCUT2D eigenvalue weighted by atomic mass is 14.9. The van der Waals surface area contributed by atoms with Crippen LogP contribution in [0.25, 0.3) is 0 Å². The molecule has 58 valence electrons. The van der Waals surface area contributed by atoms with Crippen LogP contribution >= 0.6 is 0 Å². The van der Waals surface area contributed by atoms with Crippen molar-refractivity contribution >= 4 is 0 Å². The molecule has 1 N–H and O–H groups in total. The fourth-order valence-electron chi connectivity index (χ4n) is 1.40. The minimum Gasteiger partial charge on any atom is -0.313 e. The second-order valence-electron chi connectivity index (χ2n) is 3.14. The minimum atomic E-state index is 0.750. The van der Waals surface area contributed by atoms with Gasteiger partial charge >= 0.3 is 0 Å². The Morgan fingerprint density at radius 3 is 3.00 bits per heavy atom. The molecule has 0 fully saturated rings. The zero-order valence-corrected chi connectivity index (χ0v) is 6.98. The highest BCUT2D eigenvalue weighted by Crippen LogP contribution is 2.17. The average molecular weight is 139 g/mol. The molecule has 0 bridgehead atoms. The summed E-state index contributed by atoms with van der Waals surface area (Å²) in [5.41, 5.74) is 1.55. The third-order valence-electron chi connectivity index (χ3n) is 2.00. The molecular weight excluding hydrogens is 122 g/mol. The van der Waals surface area contributed by atoms with Gasteiger partial charge in [0, 0.05) is 6.04 Å². The van der Waals surface area contributed by atoms with E-state index in [-0.39, 0.29) is 0 Å². The van der Waals surface area contributed by atoms with Crippen LogP contribution in [-0.2, 0) is 0 Å². The van der Waals surface area contributed by atoms with E-state index in [1.54, 1.807) is 5.57 Å². The van der Waals surface area contributed by atoms with Crippen LogP contribution < -0.4 is 5.32 Å². The lowest BCUT2D eigenvalue weighted by Crippen LogP contribution is -2.27. The van der Waals surface area contributed by atoms with E-state index in [4.69, 9.17) is 0 Å². The molecule has 0 spiro atoms. The first-order chi connectivity index (χ1) is 4.83. The molecule has 1 nitrogen and oxygen atoms in total. The maximum Gasteiger partial charge on any atom is 0.0139 e. The molecule has 1 unspecified atom stereocenters. The minimum absolute atomic E-state index is 0.750. The Bertz CT molecular complexity index is 127. The lowest BCUT2D eigenvalue weighted by Gasteiger charge is -2.10. The van der Waals surface area contributed by atoms with Crippen molar-refractivity contribution in [2.24, 2.45) is 0 Å². The second kappa shape index (κ2) is 3.77. The highest BCUT2D eigenvalue weighted by molar-refractivity contribution is 5.09. The molecule has 1 atom stereocenters. The standard InChI is InChI=1S/C9H17N/c1-3-6-10-9-5-4-8(2)7-9/h4,9-10H,3,5-7H2,1-2H3. The first-order valence-corrected chi connectivity index (χ1v) is 4.22. The van der Waals surface area contributed by atoms with Gasteiger partial charge in [-0.15, -0.1) is 0 Å². The first-order valence-electron chi connectivity index (χ1n) is 4.22. The second-order valence-corrected chi connectivity index (χ2v) is 3.14. The van der Waals surface area contributed by atoms with E-state index in [9.17, 15) is 0 Å². The zero-order chi connectivity index (χ0) is 7.40. The molecule has 0 saturated heterocycles. The molecule has 10 heavy (non-hydrogen) atoms. The van der Waals surface area contributed by atoms with Crippen LogP contribution in [0, 0.1) is 0 Å². The van der Waals surface area contributed by atoms with Gasteiger partial charge in [-0.25, -0.2) is 0 Å². The summed E-state index contributed by atoms with van der Waals surface area (Å²) in [5, 5.41) is 3.51. The van der Waals surface area contributed by atoms with Gasteiger partial charge in [0.1, 0.15) is 0 Å². The van der Waals surface area contributed by atoms with Crippen molar-refractivity contribution in [2.45, 2.75) is 39.2 Å². The lowest BCUT2D eigenvalue weighted by molar-refractivity contribution is 0.532. The van der Waals surface area contributed by atoms with Crippen molar-refractivity contribution in [2.75, 3.05) is 6.54 Å². The van der Waals surface area contributed by atoms with Gasteiger partial charge in [-0.2, -0.15) is 0 Å². The van der Waals surface area contributed by atoms with Crippen LogP contribution in [0.4, 0.5) is 0 Å². The molecule has 1 aliphatic rings. The molecule has 0 aliphatic heterocycles. The van der Waals surface area contributed by atoms with E-state index in [1.165, 1.54) is 25.8 Å². The number of hydrogen-bond donors (Lipinski definition) is 1. The Balaban J connectivity index is 2.11. The summed E-state index contributed by atoms with van der Waals surface area (Å²) in [4.78, 5) is 0. The van der Waals surface area contributed by atoms with Crippen LogP contribution in [0.3, 0.4) is 0 Å². The zero-order valence-electron chi connectivity index (χ0n) is 6.98. The van der Waals surface area contributed by atoms with Gasteiger partial charge in [-0.3, -0.25) is 0 Å². The van der Waals surface area contributed by atoms with Crippen molar-refractivity contribution in [3.05, 3.63) is 11.6 Å². The highest BCUT2D eigenvalue weighted by Gasteiger charge is 2.11. The monoisotopic (exact) mass is 139 g/mol. The molecule has 0 aromatic heterocycles. The van der Waals surface area contributed by atoms with Crippen molar-refractivity contribution in [3.63, 3.8) is 0 Å². The molecule has 0 saturated carbocycles. The predicted molar refractivity (Wildman–Crippen MR) is 45.1 cm³/mol. The number of hydrogen-bond acceptors (Lipinski definition) is 1. The number of rotatable bonds is 3. The van der Waals surface area contributed by atoms with Gasteiger partial charge in [-0.05, 0) is 32.7 Å². The van der Waals surface area contributed by atoms with E-state index in [0.29, 0.717) is 0 Å². The lowest BCUT2D eigenvalue weighted by atomic mass is 10.2. The SMILES string of the molecule is CCCNC1CC=C(C)C1. The third-order valence-corrected chi connectivity index (χ3v) is 2.00. The summed E-state index contributed by atoms with van der Waals surface area (Å²) >= 11 is 0. The summed E-state index contributed by atoms with van der Waals surface area (Å²) < 4.78 is 0. The summed E-state index contributed by atoms with van der Waals surface area (Å²) in [6, 6.07) is 0.750. The first kappa shape index (κ1) is 7.80. The van der Waals surface area contributed by atoms with Crippen LogP contribution in [0.5, 0.6) is 0 Å². The Hall–Kier alpha value is -0.300. The van der Waals surface area contributed by atoms with Gasteiger partial charge < -0.3 is 5.32 Å². The molecule has 1 rings (SSSR count). The van der Waals surface area contributed by atoms with E-state index >= 15 is 0 Å². The molecule has 0 heterocycles. The molecule has 0 amide bonds. The predicted octanol–water partition coefficient (Wildman–Crippen LogP) is 2.09. The Kier molecular flexibility index (Phi) is 2.94.